The summed E-state index contributed by atoms with van der Waals surface area (Å²) in [5.74, 6) is -1.44. The lowest BCUT2D eigenvalue weighted by Crippen LogP contribution is -2.46. The van der Waals surface area contributed by atoms with E-state index < -0.39 is 32.7 Å². The fourth-order valence-corrected chi connectivity index (χ4v) is 6.11. The molecule has 0 spiro atoms. The van der Waals surface area contributed by atoms with Crippen LogP contribution in [0.15, 0.2) is 36.4 Å². The maximum absolute atomic E-state index is 12.7. The molecule has 0 bridgehead atoms. The van der Waals surface area contributed by atoms with E-state index in [1.165, 1.54) is 37.3 Å². The minimum absolute atomic E-state index is 0.0677. The fourth-order valence-electron chi connectivity index (χ4n) is 3.53. The molecule has 0 fully saturated rings. The maximum Gasteiger partial charge on any atom is 0.501 e. The molecule has 36 heavy (non-hydrogen) atoms. The predicted octanol–water partition coefficient (Wildman–Crippen LogP) is 3.58. The van der Waals surface area contributed by atoms with Crippen LogP contribution < -0.4 is 4.74 Å². The van der Waals surface area contributed by atoms with E-state index in [2.05, 4.69) is 0 Å². The molecule has 10 nitrogen and oxygen atoms in total. The maximum atomic E-state index is 12.7. The van der Waals surface area contributed by atoms with Crippen molar-refractivity contribution < 1.29 is 48.0 Å². The van der Waals surface area contributed by atoms with Crippen molar-refractivity contribution in [2.24, 2.45) is 0 Å². The molecule has 200 valence electrons. The van der Waals surface area contributed by atoms with Gasteiger partial charge in [-0.3, -0.25) is 4.79 Å². The number of hydrogen-bond donors (Lipinski definition) is 4. The minimum Gasteiger partial charge on any atom is -0.508 e. The van der Waals surface area contributed by atoms with Crippen molar-refractivity contribution in [1.29, 1.82) is 0 Å². The van der Waals surface area contributed by atoms with Gasteiger partial charge < -0.3 is 43.2 Å². The summed E-state index contributed by atoms with van der Waals surface area (Å²) < 4.78 is 28.9. The fraction of sp³-hybridized carbons (Fsp3) is 0.480. The molecule has 0 amide bonds. The average Bonchev–Trinajstić information content (AvgIpc) is 2.81. The highest BCUT2D eigenvalue weighted by Crippen LogP contribution is 2.31. The first-order valence-corrected chi connectivity index (χ1v) is 13.9. The quantitative estimate of drug-likeness (QED) is 0.111. The number of ketones is 1. The van der Waals surface area contributed by atoms with E-state index in [9.17, 15) is 25.2 Å². The first-order valence-electron chi connectivity index (χ1n) is 11.9. The summed E-state index contributed by atoms with van der Waals surface area (Å²) in [5, 5.41) is 39.9. The first kappa shape index (κ1) is 29.6. The molecule has 2 aromatic rings. The second-order valence-corrected chi connectivity index (χ2v) is 10.6. The van der Waals surface area contributed by atoms with Crippen LogP contribution in [-0.4, -0.2) is 73.8 Å². The van der Waals surface area contributed by atoms with Crippen LogP contribution >= 0.6 is 0 Å². The summed E-state index contributed by atoms with van der Waals surface area (Å²) in [6.45, 7) is 8.82. The highest BCUT2D eigenvalue weighted by molar-refractivity contribution is 6.60. The lowest BCUT2D eigenvalue weighted by Gasteiger charge is -2.29. The molecule has 2 atom stereocenters. The molecule has 0 radical (unpaired) electrons. The molecule has 0 aliphatic heterocycles. The van der Waals surface area contributed by atoms with Crippen LogP contribution in [0.5, 0.6) is 23.0 Å². The Morgan fingerprint density at radius 3 is 1.94 bits per heavy atom. The zero-order chi connectivity index (χ0) is 26.7. The average molecular weight is 525 g/mol. The Morgan fingerprint density at radius 2 is 1.44 bits per heavy atom. The molecule has 0 aliphatic rings. The number of aliphatic hydroxyl groups is 1. The van der Waals surface area contributed by atoms with E-state index in [0.717, 1.165) is 6.07 Å². The summed E-state index contributed by atoms with van der Waals surface area (Å²) in [5.41, 5.74) is -0.144. The molecular weight excluding hydrogens is 488 g/mol. The third-order valence-corrected chi connectivity index (χ3v) is 8.24. The number of ether oxygens (including phenoxy) is 2. The monoisotopic (exact) mass is 524 g/mol. The third-order valence-electron chi connectivity index (χ3n) is 5.09. The number of carbonyl (C=O) groups is 1. The Bertz CT molecular complexity index is 964. The number of phenols is 3. The van der Waals surface area contributed by atoms with Gasteiger partial charge in [0.25, 0.3) is 0 Å². The Hall–Kier alpha value is -2.67. The molecule has 4 N–H and O–H groups in total. The lowest BCUT2D eigenvalue weighted by molar-refractivity contribution is -0.139. The Morgan fingerprint density at radius 1 is 0.889 bits per heavy atom. The lowest BCUT2D eigenvalue weighted by atomic mass is 10.0. The summed E-state index contributed by atoms with van der Waals surface area (Å²) in [6, 6.07) is 8.10. The normalized spacial score (nSPS) is 13.4. The number of aliphatic hydroxyl groups excluding tert-OH is 1. The van der Waals surface area contributed by atoms with Crippen LogP contribution in [0.3, 0.4) is 0 Å². The van der Waals surface area contributed by atoms with Crippen LogP contribution in [0.4, 0.5) is 0 Å². The SMILES string of the molecule is CCO[Si](CCCOC(Oc1ccc(C(=O)c2ccc(O)cc2O)c(O)c1)C(C)O)(OCC)OCC. The summed E-state index contributed by atoms with van der Waals surface area (Å²) in [6.07, 6.45) is -1.47. The van der Waals surface area contributed by atoms with Gasteiger partial charge in [-0.05, 0) is 58.4 Å². The highest BCUT2D eigenvalue weighted by Gasteiger charge is 2.39. The van der Waals surface area contributed by atoms with Gasteiger partial charge in [-0.25, -0.2) is 0 Å². The van der Waals surface area contributed by atoms with E-state index >= 15 is 0 Å². The zero-order valence-electron chi connectivity index (χ0n) is 21.1. The van der Waals surface area contributed by atoms with Gasteiger partial charge in [-0.2, -0.15) is 0 Å². The van der Waals surface area contributed by atoms with Crippen LogP contribution in [0, 0.1) is 0 Å². The van der Waals surface area contributed by atoms with Crippen LogP contribution in [0.2, 0.25) is 6.04 Å². The van der Waals surface area contributed by atoms with Gasteiger partial charge in [0.05, 0.1) is 17.7 Å². The number of carbonyl (C=O) groups excluding carboxylic acids is 1. The van der Waals surface area contributed by atoms with Gasteiger partial charge in [0.15, 0.2) is 5.78 Å². The van der Waals surface area contributed by atoms with E-state index in [1.54, 1.807) is 0 Å². The summed E-state index contributed by atoms with van der Waals surface area (Å²) >= 11 is 0. The van der Waals surface area contributed by atoms with Gasteiger partial charge in [0.2, 0.25) is 6.29 Å². The van der Waals surface area contributed by atoms with Crippen LogP contribution in [0.25, 0.3) is 0 Å². The second kappa shape index (κ2) is 14.2. The van der Waals surface area contributed by atoms with Gasteiger partial charge in [0, 0.05) is 38.0 Å². The largest absolute Gasteiger partial charge is 0.508 e. The number of hydrogen-bond acceptors (Lipinski definition) is 10. The molecule has 2 aromatic carbocycles. The second-order valence-electron chi connectivity index (χ2n) is 7.89. The molecule has 0 saturated heterocycles. The van der Waals surface area contributed by atoms with E-state index in [1.807, 2.05) is 20.8 Å². The number of phenolic OH excluding ortho intramolecular Hbond substituents is 3. The van der Waals surface area contributed by atoms with Gasteiger partial charge >= 0.3 is 8.80 Å². The molecule has 0 saturated carbocycles. The number of benzene rings is 2. The topological polar surface area (TPSA) is 144 Å². The molecule has 0 heterocycles. The summed E-state index contributed by atoms with van der Waals surface area (Å²) in [4.78, 5) is 12.7. The van der Waals surface area contributed by atoms with Gasteiger partial charge in [-0.15, -0.1) is 0 Å². The van der Waals surface area contributed by atoms with Gasteiger partial charge in [-0.1, -0.05) is 0 Å². The summed E-state index contributed by atoms with van der Waals surface area (Å²) in [7, 11) is -2.81. The van der Waals surface area contributed by atoms with E-state index in [4.69, 9.17) is 22.8 Å². The first-order chi connectivity index (χ1) is 17.2. The van der Waals surface area contributed by atoms with Crippen molar-refractivity contribution in [2.75, 3.05) is 26.4 Å². The molecule has 0 aromatic heterocycles. The van der Waals surface area contributed by atoms with Crippen molar-refractivity contribution in [2.45, 2.75) is 52.6 Å². The smallest absolute Gasteiger partial charge is 0.501 e. The molecule has 0 aliphatic carbocycles. The number of rotatable bonds is 16. The van der Waals surface area contributed by atoms with Crippen molar-refractivity contribution in [3.05, 3.63) is 47.5 Å². The molecule has 2 rings (SSSR count). The van der Waals surface area contributed by atoms with E-state index in [0.29, 0.717) is 32.3 Å². The van der Waals surface area contributed by atoms with Crippen molar-refractivity contribution >= 4 is 14.6 Å². The minimum atomic E-state index is -2.81. The molecule has 11 heteroatoms. The van der Waals surface area contributed by atoms with Gasteiger partial charge in [0.1, 0.15) is 29.1 Å². The van der Waals surface area contributed by atoms with Crippen LogP contribution in [-0.2, 0) is 18.0 Å². The Labute approximate surface area is 212 Å². The third kappa shape index (κ3) is 8.19. The highest BCUT2D eigenvalue weighted by atomic mass is 28.4. The Balaban J connectivity index is 2.03. The zero-order valence-corrected chi connectivity index (χ0v) is 22.1. The van der Waals surface area contributed by atoms with Crippen molar-refractivity contribution in [1.82, 2.24) is 0 Å². The van der Waals surface area contributed by atoms with Crippen molar-refractivity contribution in [3.8, 4) is 23.0 Å². The number of aromatic hydroxyl groups is 3. The Kier molecular flexibility index (Phi) is 11.6. The van der Waals surface area contributed by atoms with Crippen LogP contribution in [0.1, 0.15) is 50.0 Å². The predicted molar refractivity (Wildman–Crippen MR) is 133 cm³/mol. The molecular formula is C25H36O10Si. The standard InChI is InChI=1S/C25H36O10Si/c1-5-32-36(33-6-2,34-7-3)14-8-13-31-25(17(4)26)35-19-10-12-21(23(29)16-19)24(30)20-11-9-18(27)15-22(20)28/h9-12,15-17,25-29H,5-8,13-14H2,1-4H3. The van der Waals surface area contributed by atoms with E-state index in [-0.39, 0.29) is 35.0 Å². The molecule has 2 unspecified atom stereocenters. The van der Waals surface area contributed by atoms with Crippen molar-refractivity contribution in [3.63, 3.8) is 0 Å².